The molecule has 1 amide bonds. The van der Waals surface area contributed by atoms with Crippen LogP contribution in [0.25, 0.3) is 0 Å². The number of ether oxygens (including phenoxy) is 1. The summed E-state index contributed by atoms with van der Waals surface area (Å²) in [6.45, 7) is 2.24. The number of nitrogens with zero attached hydrogens (tertiary/aromatic N) is 2. The SMILES string of the molecule is O=C(c1ccoc1)N1C[C@H]2CCC[C@@]2(COc2cccnc2)C1. The number of hydrogen-bond acceptors (Lipinski definition) is 4. The molecular weight excluding hydrogens is 292 g/mol. The molecule has 0 bridgehead atoms. The maximum atomic E-state index is 12.6. The van der Waals surface area contributed by atoms with E-state index in [0.717, 1.165) is 25.3 Å². The van der Waals surface area contributed by atoms with Gasteiger partial charge in [0.05, 0.1) is 24.6 Å². The Kier molecular flexibility index (Phi) is 3.56. The molecule has 5 nitrogen and oxygen atoms in total. The maximum Gasteiger partial charge on any atom is 0.257 e. The van der Waals surface area contributed by atoms with Crippen LogP contribution >= 0.6 is 0 Å². The van der Waals surface area contributed by atoms with Gasteiger partial charge in [-0.2, -0.15) is 0 Å². The average molecular weight is 312 g/mol. The van der Waals surface area contributed by atoms with Crippen molar-refractivity contribution >= 4 is 5.91 Å². The molecule has 3 heterocycles. The van der Waals surface area contributed by atoms with Gasteiger partial charge >= 0.3 is 0 Å². The summed E-state index contributed by atoms with van der Waals surface area (Å²) in [6, 6.07) is 5.54. The van der Waals surface area contributed by atoms with E-state index in [4.69, 9.17) is 9.15 Å². The van der Waals surface area contributed by atoms with Crippen LogP contribution in [0.3, 0.4) is 0 Å². The van der Waals surface area contributed by atoms with E-state index < -0.39 is 0 Å². The van der Waals surface area contributed by atoms with Gasteiger partial charge in [0.2, 0.25) is 0 Å². The number of likely N-dealkylation sites (tertiary alicyclic amines) is 1. The van der Waals surface area contributed by atoms with E-state index in [2.05, 4.69) is 4.98 Å². The van der Waals surface area contributed by atoms with Crippen LogP contribution in [0, 0.1) is 11.3 Å². The molecule has 1 saturated heterocycles. The first-order valence-electron chi connectivity index (χ1n) is 8.11. The van der Waals surface area contributed by atoms with Gasteiger partial charge in [-0.05, 0) is 37.0 Å². The van der Waals surface area contributed by atoms with E-state index in [1.54, 1.807) is 24.7 Å². The fourth-order valence-corrected chi connectivity index (χ4v) is 4.03. The Morgan fingerprint density at radius 1 is 1.48 bits per heavy atom. The van der Waals surface area contributed by atoms with Crippen LogP contribution in [0.1, 0.15) is 29.6 Å². The smallest absolute Gasteiger partial charge is 0.257 e. The first kappa shape index (κ1) is 14.3. The minimum absolute atomic E-state index is 0.0638. The van der Waals surface area contributed by atoms with Crippen molar-refractivity contribution in [1.82, 2.24) is 9.88 Å². The summed E-state index contributed by atoms with van der Waals surface area (Å²) in [6.07, 6.45) is 10.1. The monoisotopic (exact) mass is 312 g/mol. The van der Waals surface area contributed by atoms with E-state index in [0.29, 0.717) is 18.1 Å². The Morgan fingerprint density at radius 3 is 3.22 bits per heavy atom. The van der Waals surface area contributed by atoms with Crippen molar-refractivity contribution in [3.63, 3.8) is 0 Å². The lowest BCUT2D eigenvalue weighted by molar-refractivity contribution is 0.0745. The molecule has 120 valence electrons. The van der Waals surface area contributed by atoms with E-state index in [1.165, 1.54) is 19.1 Å². The molecule has 2 atom stereocenters. The summed E-state index contributed by atoms with van der Waals surface area (Å²) >= 11 is 0. The normalized spacial score (nSPS) is 26.3. The molecule has 2 fully saturated rings. The fraction of sp³-hybridized carbons (Fsp3) is 0.444. The summed E-state index contributed by atoms with van der Waals surface area (Å²) in [5, 5.41) is 0. The molecule has 1 aliphatic carbocycles. The van der Waals surface area contributed by atoms with Gasteiger partial charge in [0.25, 0.3) is 5.91 Å². The van der Waals surface area contributed by atoms with Crippen LogP contribution in [0.2, 0.25) is 0 Å². The third kappa shape index (κ3) is 2.60. The molecule has 1 saturated carbocycles. The van der Waals surface area contributed by atoms with E-state index in [1.807, 2.05) is 17.0 Å². The highest BCUT2D eigenvalue weighted by Crippen LogP contribution is 2.49. The highest BCUT2D eigenvalue weighted by Gasteiger charge is 2.51. The first-order chi connectivity index (χ1) is 11.3. The fourth-order valence-electron chi connectivity index (χ4n) is 4.03. The zero-order chi connectivity index (χ0) is 15.7. The molecular formula is C18H20N2O3. The summed E-state index contributed by atoms with van der Waals surface area (Å²) in [7, 11) is 0. The number of furan rings is 1. The highest BCUT2D eigenvalue weighted by atomic mass is 16.5. The third-order valence-electron chi connectivity index (χ3n) is 5.26. The standard InChI is InChI=1S/C18H20N2O3/c21-17(14-5-8-22-11-14)20-10-15-3-1-6-18(15,12-20)13-23-16-4-2-7-19-9-16/h2,4-5,7-9,11,15H,1,3,6,10,12-13H2/t15-,18+/m1/s1. The molecule has 0 spiro atoms. The number of carbonyl (C=O) groups is 1. The van der Waals surface area contributed by atoms with Gasteiger partial charge in [0, 0.05) is 24.7 Å². The number of rotatable bonds is 4. The summed E-state index contributed by atoms with van der Waals surface area (Å²) in [4.78, 5) is 18.6. The Balaban J connectivity index is 1.47. The van der Waals surface area contributed by atoms with Gasteiger partial charge in [-0.1, -0.05) is 6.42 Å². The Hall–Kier alpha value is -2.30. The highest BCUT2D eigenvalue weighted by molar-refractivity contribution is 5.94. The Bertz CT molecular complexity index is 671. The van der Waals surface area contributed by atoms with Crippen molar-refractivity contribution in [2.45, 2.75) is 19.3 Å². The lowest BCUT2D eigenvalue weighted by Crippen LogP contribution is -2.35. The molecule has 2 aromatic heterocycles. The van der Waals surface area contributed by atoms with Crippen molar-refractivity contribution in [3.8, 4) is 5.75 Å². The minimum atomic E-state index is 0.0638. The van der Waals surface area contributed by atoms with E-state index in [9.17, 15) is 4.79 Å². The van der Waals surface area contributed by atoms with Crippen molar-refractivity contribution < 1.29 is 13.9 Å². The molecule has 23 heavy (non-hydrogen) atoms. The first-order valence-corrected chi connectivity index (χ1v) is 8.11. The second-order valence-electron chi connectivity index (χ2n) is 6.63. The lowest BCUT2D eigenvalue weighted by Gasteiger charge is -2.28. The average Bonchev–Trinajstić information content (AvgIpc) is 3.29. The Morgan fingerprint density at radius 2 is 2.43 bits per heavy atom. The van der Waals surface area contributed by atoms with Crippen LogP contribution in [-0.4, -0.2) is 35.5 Å². The third-order valence-corrected chi connectivity index (χ3v) is 5.26. The number of carbonyl (C=O) groups excluding carboxylic acids is 1. The largest absolute Gasteiger partial charge is 0.491 e. The molecule has 2 aliphatic rings. The molecule has 0 N–H and O–H groups in total. The van der Waals surface area contributed by atoms with E-state index in [-0.39, 0.29) is 11.3 Å². The van der Waals surface area contributed by atoms with Crippen molar-refractivity contribution in [2.24, 2.45) is 11.3 Å². The van der Waals surface area contributed by atoms with Crippen LogP contribution in [0.15, 0.2) is 47.5 Å². The van der Waals surface area contributed by atoms with Crippen LogP contribution in [-0.2, 0) is 0 Å². The summed E-state index contributed by atoms with van der Waals surface area (Å²) < 4.78 is 11.0. The van der Waals surface area contributed by atoms with Crippen molar-refractivity contribution in [2.75, 3.05) is 19.7 Å². The quantitative estimate of drug-likeness (QED) is 0.871. The Labute approximate surface area is 135 Å². The van der Waals surface area contributed by atoms with Gasteiger partial charge in [0.1, 0.15) is 12.0 Å². The molecule has 5 heteroatoms. The molecule has 1 aliphatic heterocycles. The number of aromatic nitrogens is 1. The van der Waals surface area contributed by atoms with Crippen LogP contribution in [0.5, 0.6) is 5.75 Å². The predicted molar refractivity (Wildman–Crippen MR) is 84.1 cm³/mol. The van der Waals surface area contributed by atoms with Gasteiger partial charge in [-0.25, -0.2) is 0 Å². The summed E-state index contributed by atoms with van der Waals surface area (Å²) in [5.41, 5.74) is 0.711. The lowest BCUT2D eigenvalue weighted by atomic mass is 9.81. The second-order valence-corrected chi connectivity index (χ2v) is 6.63. The zero-order valence-corrected chi connectivity index (χ0v) is 13.0. The van der Waals surface area contributed by atoms with Gasteiger partial charge < -0.3 is 14.1 Å². The van der Waals surface area contributed by atoms with Crippen LogP contribution in [0.4, 0.5) is 0 Å². The molecule has 0 radical (unpaired) electrons. The second kappa shape index (κ2) is 5.72. The molecule has 2 aromatic rings. The number of hydrogen-bond donors (Lipinski definition) is 0. The molecule has 0 unspecified atom stereocenters. The van der Waals surface area contributed by atoms with Gasteiger partial charge in [0.15, 0.2) is 0 Å². The van der Waals surface area contributed by atoms with Gasteiger partial charge in [-0.15, -0.1) is 0 Å². The topological polar surface area (TPSA) is 55.6 Å². The number of amides is 1. The minimum Gasteiger partial charge on any atom is -0.491 e. The molecule has 4 rings (SSSR count). The molecule has 0 aromatic carbocycles. The predicted octanol–water partition coefficient (Wildman–Crippen LogP) is 3.00. The number of pyridine rings is 1. The van der Waals surface area contributed by atoms with Gasteiger partial charge in [-0.3, -0.25) is 9.78 Å². The van der Waals surface area contributed by atoms with Crippen molar-refractivity contribution in [3.05, 3.63) is 48.7 Å². The van der Waals surface area contributed by atoms with E-state index >= 15 is 0 Å². The van der Waals surface area contributed by atoms with Crippen LogP contribution < -0.4 is 4.74 Å². The maximum absolute atomic E-state index is 12.6. The van der Waals surface area contributed by atoms with Crippen molar-refractivity contribution in [1.29, 1.82) is 0 Å². The number of fused-ring (bicyclic) bond motifs is 1. The zero-order valence-electron chi connectivity index (χ0n) is 13.0. The summed E-state index contributed by atoms with van der Waals surface area (Å²) in [5.74, 6) is 1.39.